The number of aliphatic carboxylic acids is 1. The van der Waals surface area contributed by atoms with E-state index >= 15 is 0 Å². The molecule has 2 aromatic heterocycles. The summed E-state index contributed by atoms with van der Waals surface area (Å²) in [5.41, 5.74) is 3.07. The van der Waals surface area contributed by atoms with Crippen LogP contribution in [0.25, 0.3) is 5.65 Å². The van der Waals surface area contributed by atoms with E-state index in [9.17, 15) is 9.59 Å². The Labute approximate surface area is 156 Å². The third kappa shape index (κ3) is 3.92. The van der Waals surface area contributed by atoms with Gasteiger partial charge in [0.15, 0.2) is 11.4 Å². The lowest BCUT2D eigenvalue weighted by molar-refractivity contribution is -0.136. The van der Waals surface area contributed by atoms with Gasteiger partial charge in [0.05, 0.1) is 18.7 Å². The number of carboxylic acid groups (broad SMARTS) is 1. The van der Waals surface area contributed by atoms with E-state index in [2.05, 4.69) is 10.3 Å². The van der Waals surface area contributed by atoms with E-state index in [4.69, 9.17) is 9.84 Å². The molecule has 0 saturated heterocycles. The number of hydrogen-bond donors (Lipinski definition) is 2. The van der Waals surface area contributed by atoms with Crippen LogP contribution in [-0.4, -0.2) is 33.0 Å². The molecule has 0 aliphatic heterocycles. The van der Waals surface area contributed by atoms with Crippen molar-refractivity contribution in [3.8, 4) is 5.75 Å². The summed E-state index contributed by atoms with van der Waals surface area (Å²) in [5, 5.41) is 11.9. The summed E-state index contributed by atoms with van der Waals surface area (Å²) in [7, 11) is 0. The highest BCUT2D eigenvalue weighted by molar-refractivity contribution is 5.95. The van der Waals surface area contributed by atoms with Crippen LogP contribution in [0.15, 0.2) is 42.6 Å². The van der Waals surface area contributed by atoms with E-state index in [1.165, 1.54) is 0 Å². The number of benzene rings is 1. The summed E-state index contributed by atoms with van der Waals surface area (Å²) in [6.07, 6.45) is 1.68. The monoisotopic (exact) mass is 367 g/mol. The molecule has 0 bridgehead atoms. The molecule has 0 aliphatic carbocycles. The summed E-state index contributed by atoms with van der Waals surface area (Å²) < 4.78 is 7.29. The Morgan fingerprint density at radius 1 is 1.19 bits per heavy atom. The van der Waals surface area contributed by atoms with Crippen LogP contribution in [0.3, 0.4) is 0 Å². The van der Waals surface area contributed by atoms with E-state index in [0.717, 1.165) is 5.56 Å². The molecule has 0 spiro atoms. The standard InChI is InChI=1S/C20H21N3O4/c1-3-27-16-9-6-10-23-18(13(2)22-19(16)23)20(26)21-12-15-8-5-4-7-14(15)11-17(24)25/h4-10H,3,11-12H2,1-2H3,(H,21,26)(H,24,25). The van der Waals surface area contributed by atoms with Crippen molar-refractivity contribution in [2.45, 2.75) is 26.8 Å². The molecule has 0 aliphatic rings. The van der Waals surface area contributed by atoms with Gasteiger partial charge in [0.2, 0.25) is 0 Å². The second kappa shape index (κ2) is 7.90. The van der Waals surface area contributed by atoms with Crippen molar-refractivity contribution in [3.05, 3.63) is 65.1 Å². The predicted octanol–water partition coefficient (Wildman–Crippen LogP) is 2.60. The van der Waals surface area contributed by atoms with E-state index in [1.54, 1.807) is 35.7 Å². The average Bonchev–Trinajstić information content (AvgIpc) is 2.97. The number of carbonyl (C=O) groups excluding carboxylic acids is 1. The minimum Gasteiger partial charge on any atom is -0.490 e. The highest BCUT2D eigenvalue weighted by Gasteiger charge is 2.19. The fraction of sp³-hybridized carbons (Fsp3) is 0.250. The van der Waals surface area contributed by atoms with E-state index in [1.807, 2.05) is 25.1 Å². The Bertz CT molecular complexity index is 994. The van der Waals surface area contributed by atoms with Gasteiger partial charge in [-0.2, -0.15) is 0 Å². The number of rotatable bonds is 7. The summed E-state index contributed by atoms with van der Waals surface area (Å²) in [5.74, 6) is -0.567. The molecule has 2 N–H and O–H groups in total. The highest BCUT2D eigenvalue weighted by atomic mass is 16.5. The Morgan fingerprint density at radius 3 is 2.63 bits per heavy atom. The van der Waals surface area contributed by atoms with Crippen molar-refractivity contribution in [1.29, 1.82) is 0 Å². The molecule has 27 heavy (non-hydrogen) atoms. The van der Waals surface area contributed by atoms with Crippen molar-refractivity contribution in [1.82, 2.24) is 14.7 Å². The molecule has 7 nitrogen and oxygen atoms in total. The number of fused-ring (bicyclic) bond motifs is 1. The zero-order chi connectivity index (χ0) is 19.4. The number of amides is 1. The van der Waals surface area contributed by atoms with Crippen LogP contribution in [0.5, 0.6) is 5.75 Å². The van der Waals surface area contributed by atoms with Crippen LogP contribution in [0.4, 0.5) is 0 Å². The van der Waals surface area contributed by atoms with E-state index in [0.29, 0.717) is 35.0 Å². The maximum absolute atomic E-state index is 12.8. The zero-order valence-electron chi connectivity index (χ0n) is 15.2. The number of carboxylic acids is 1. The number of pyridine rings is 1. The Kier molecular flexibility index (Phi) is 5.40. The predicted molar refractivity (Wildman–Crippen MR) is 100 cm³/mol. The van der Waals surface area contributed by atoms with Gasteiger partial charge in [-0.1, -0.05) is 24.3 Å². The normalized spacial score (nSPS) is 10.7. The van der Waals surface area contributed by atoms with Crippen LogP contribution in [0, 0.1) is 6.92 Å². The van der Waals surface area contributed by atoms with Gasteiger partial charge < -0.3 is 15.2 Å². The first kappa shape index (κ1) is 18.4. The van der Waals surface area contributed by atoms with Gasteiger partial charge in [-0.15, -0.1) is 0 Å². The van der Waals surface area contributed by atoms with Crippen LogP contribution in [-0.2, 0) is 17.8 Å². The number of nitrogens with zero attached hydrogens (tertiary/aromatic N) is 2. The second-order valence-electron chi connectivity index (χ2n) is 6.07. The molecule has 3 aromatic rings. The maximum Gasteiger partial charge on any atom is 0.307 e. The van der Waals surface area contributed by atoms with E-state index < -0.39 is 5.97 Å². The van der Waals surface area contributed by atoms with Crippen LogP contribution < -0.4 is 10.1 Å². The first-order valence-electron chi connectivity index (χ1n) is 8.68. The first-order chi connectivity index (χ1) is 13.0. The Balaban J connectivity index is 1.85. The van der Waals surface area contributed by atoms with Crippen molar-refractivity contribution in [2.75, 3.05) is 6.61 Å². The minimum absolute atomic E-state index is 0.0849. The molecular weight excluding hydrogens is 346 g/mol. The number of imidazole rings is 1. The highest BCUT2D eigenvalue weighted by Crippen LogP contribution is 2.22. The molecule has 0 saturated carbocycles. The second-order valence-corrected chi connectivity index (χ2v) is 6.07. The first-order valence-corrected chi connectivity index (χ1v) is 8.68. The van der Waals surface area contributed by atoms with Crippen molar-refractivity contribution < 1.29 is 19.4 Å². The fourth-order valence-electron chi connectivity index (χ4n) is 3.02. The van der Waals surface area contributed by atoms with Gasteiger partial charge in [0.1, 0.15) is 5.69 Å². The SMILES string of the molecule is CCOc1cccn2c(C(=O)NCc3ccccc3CC(=O)O)c(C)nc12. The number of aromatic nitrogens is 2. The van der Waals surface area contributed by atoms with E-state index in [-0.39, 0.29) is 18.9 Å². The largest absolute Gasteiger partial charge is 0.490 e. The molecular formula is C20H21N3O4. The molecule has 3 rings (SSSR count). The molecule has 7 heteroatoms. The third-order valence-electron chi connectivity index (χ3n) is 4.20. The van der Waals surface area contributed by atoms with Gasteiger partial charge in [-0.25, -0.2) is 4.98 Å². The lowest BCUT2D eigenvalue weighted by atomic mass is 10.0. The van der Waals surface area contributed by atoms with Crippen LogP contribution >= 0.6 is 0 Å². The smallest absolute Gasteiger partial charge is 0.307 e. The van der Waals surface area contributed by atoms with Gasteiger partial charge >= 0.3 is 5.97 Å². The van der Waals surface area contributed by atoms with Crippen LogP contribution in [0.2, 0.25) is 0 Å². The molecule has 1 amide bonds. The van der Waals surface area contributed by atoms with Gasteiger partial charge in [0.25, 0.3) is 5.91 Å². The topological polar surface area (TPSA) is 92.9 Å². The number of ether oxygens (including phenoxy) is 1. The Hall–Kier alpha value is -3.35. The maximum atomic E-state index is 12.8. The molecule has 140 valence electrons. The quantitative estimate of drug-likeness (QED) is 0.670. The summed E-state index contributed by atoms with van der Waals surface area (Å²) >= 11 is 0. The molecule has 0 radical (unpaired) electrons. The van der Waals surface area contributed by atoms with Crippen molar-refractivity contribution in [3.63, 3.8) is 0 Å². The van der Waals surface area contributed by atoms with Gasteiger partial charge in [-0.05, 0) is 37.1 Å². The van der Waals surface area contributed by atoms with Gasteiger partial charge in [0, 0.05) is 12.7 Å². The Morgan fingerprint density at radius 2 is 1.93 bits per heavy atom. The number of nitrogens with one attached hydrogen (secondary N) is 1. The summed E-state index contributed by atoms with van der Waals surface area (Å²) in [6.45, 7) is 4.41. The summed E-state index contributed by atoms with van der Waals surface area (Å²) in [6, 6.07) is 10.8. The molecule has 0 fully saturated rings. The summed E-state index contributed by atoms with van der Waals surface area (Å²) in [4.78, 5) is 28.3. The molecule has 1 aromatic carbocycles. The lowest BCUT2D eigenvalue weighted by Gasteiger charge is -2.10. The zero-order valence-corrected chi connectivity index (χ0v) is 15.2. The number of aryl methyl sites for hydroxylation is 1. The molecule has 0 unspecified atom stereocenters. The lowest BCUT2D eigenvalue weighted by Crippen LogP contribution is -2.25. The minimum atomic E-state index is -0.908. The molecule has 0 atom stereocenters. The van der Waals surface area contributed by atoms with Crippen LogP contribution in [0.1, 0.15) is 34.2 Å². The average molecular weight is 367 g/mol. The fourth-order valence-corrected chi connectivity index (χ4v) is 3.02. The van der Waals surface area contributed by atoms with Gasteiger partial charge in [-0.3, -0.25) is 14.0 Å². The van der Waals surface area contributed by atoms with Crippen molar-refractivity contribution in [2.24, 2.45) is 0 Å². The number of hydrogen-bond acceptors (Lipinski definition) is 4. The van der Waals surface area contributed by atoms with Crippen molar-refractivity contribution >= 4 is 17.5 Å². The number of carbonyl (C=O) groups is 2. The molecule has 2 heterocycles. The third-order valence-corrected chi connectivity index (χ3v) is 4.20.